The SMILES string of the molecule is O=C(Nc1cc(Cl)ccc1Cl)c1cc(O)cc2ccccc12. The largest absolute Gasteiger partial charge is 0.508 e. The summed E-state index contributed by atoms with van der Waals surface area (Å²) in [7, 11) is 0. The Morgan fingerprint density at radius 2 is 1.77 bits per heavy atom. The Kier molecular flexibility index (Phi) is 3.92. The van der Waals surface area contributed by atoms with E-state index < -0.39 is 0 Å². The summed E-state index contributed by atoms with van der Waals surface area (Å²) in [5.74, 6) is -0.336. The zero-order valence-corrected chi connectivity index (χ0v) is 12.8. The molecule has 3 rings (SSSR count). The quantitative estimate of drug-likeness (QED) is 0.685. The normalized spacial score (nSPS) is 10.6. The van der Waals surface area contributed by atoms with Crippen molar-refractivity contribution in [3.63, 3.8) is 0 Å². The maximum atomic E-state index is 12.5. The maximum absolute atomic E-state index is 12.5. The number of carbonyl (C=O) groups is 1. The van der Waals surface area contributed by atoms with E-state index in [9.17, 15) is 9.90 Å². The third kappa shape index (κ3) is 2.86. The Labute approximate surface area is 137 Å². The lowest BCUT2D eigenvalue weighted by Gasteiger charge is -2.10. The monoisotopic (exact) mass is 331 g/mol. The number of carbonyl (C=O) groups excluding carboxylic acids is 1. The van der Waals surface area contributed by atoms with Gasteiger partial charge in [0.1, 0.15) is 5.75 Å². The summed E-state index contributed by atoms with van der Waals surface area (Å²) in [6, 6.07) is 15.2. The van der Waals surface area contributed by atoms with Crippen molar-refractivity contribution in [3.8, 4) is 5.75 Å². The molecule has 0 aliphatic rings. The van der Waals surface area contributed by atoms with E-state index in [0.29, 0.717) is 21.3 Å². The summed E-state index contributed by atoms with van der Waals surface area (Å²) in [5, 5.41) is 14.9. The van der Waals surface area contributed by atoms with Gasteiger partial charge in [0.05, 0.1) is 16.3 Å². The molecule has 2 N–H and O–H groups in total. The number of nitrogens with one attached hydrogen (secondary N) is 1. The molecular weight excluding hydrogens is 321 g/mol. The number of hydrogen-bond acceptors (Lipinski definition) is 2. The Hall–Kier alpha value is -2.23. The molecular formula is C17H11Cl2NO2. The van der Waals surface area contributed by atoms with E-state index in [1.807, 2.05) is 24.3 Å². The van der Waals surface area contributed by atoms with Crippen LogP contribution in [-0.2, 0) is 0 Å². The van der Waals surface area contributed by atoms with Crippen molar-refractivity contribution in [1.82, 2.24) is 0 Å². The molecule has 3 nitrogen and oxygen atoms in total. The van der Waals surface area contributed by atoms with Crippen LogP contribution in [0, 0.1) is 0 Å². The fourth-order valence-electron chi connectivity index (χ4n) is 2.27. The molecule has 0 saturated carbocycles. The number of rotatable bonds is 2. The first-order valence-electron chi connectivity index (χ1n) is 6.53. The van der Waals surface area contributed by atoms with Crippen molar-refractivity contribution >= 4 is 45.6 Å². The standard InChI is InChI=1S/C17H11Cl2NO2/c18-11-5-6-15(19)16(8-11)20-17(22)14-9-12(21)7-10-3-1-2-4-13(10)14/h1-9,21H,(H,20,22). The number of aromatic hydroxyl groups is 1. The molecule has 0 unspecified atom stereocenters. The van der Waals surface area contributed by atoms with Gasteiger partial charge in [-0.15, -0.1) is 0 Å². The van der Waals surface area contributed by atoms with Gasteiger partial charge >= 0.3 is 0 Å². The zero-order chi connectivity index (χ0) is 15.7. The topological polar surface area (TPSA) is 49.3 Å². The number of hydrogen-bond donors (Lipinski definition) is 2. The average molecular weight is 332 g/mol. The number of phenols is 1. The number of amides is 1. The lowest BCUT2D eigenvalue weighted by Crippen LogP contribution is -2.12. The summed E-state index contributed by atoms with van der Waals surface area (Å²) in [6.45, 7) is 0. The Balaban J connectivity index is 2.04. The summed E-state index contributed by atoms with van der Waals surface area (Å²) >= 11 is 12.0. The summed E-state index contributed by atoms with van der Waals surface area (Å²) in [4.78, 5) is 12.5. The summed E-state index contributed by atoms with van der Waals surface area (Å²) < 4.78 is 0. The Morgan fingerprint density at radius 3 is 2.59 bits per heavy atom. The van der Waals surface area contributed by atoms with Crippen LogP contribution in [0.2, 0.25) is 10.0 Å². The van der Waals surface area contributed by atoms with Crippen LogP contribution >= 0.6 is 23.2 Å². The molecule has 3 aromatic rings. The number of fused-ring (bicyclic) bond motifs is 1. The van der Waals surface area contributed by atoms with Crippen molar-refractivity contribution in [2.24, 2.45) is 0 Å². The smallest absolute Gasteiger partial charge is 0.256 e. The molecule has 5 heteroatoms. The van der Waals surface area contributed by atoms with E-state index in [-0.39, 0.29) is 11.7 Å². The first kappa shape index (κ1) is 14.7. The van der Waals surface area contributed by atoms with Crippen molar-refractivity contribution in [3.05, 3.63) is 70.2 Å². The van der Waals surface area contributed by atoms with Crippen LogP contribution in [0.5, 0.6) is 5.75 Å². The van der Waals surface area contributed by atoms with Gasteiger partial charge in [-0.05, 0) is 41.1 Å². The zero-order valence-electron chi connectivity index (χ0n) is 11.3. The highest BCUT2D eigenvalue weighted by Gasteiger charge is 2.13. The third-order valence-electron chi connectivity index (χ3n) is 3.27. The van der Waals surface area contributed by atoms with Crippen molar-refractivity contribution in [1.29, 1.82) is 0 Å². The molecule has 0 heterocycles. The van der Waals surface area contributed by atoms with Gasteiger partial charge in [0.25, 0.3) is 5.91 Å². The van der Waals surface area contributed by atoms with Crippen LogP contribution in [0.15, 0.2) is 54.6 Å². The van der Waals surface area contributed by atoms with Crippen molar-refractivity contribution < 1.29 is 9.90 Å². The van der Waals surface area contributed by atoms with Gasteiger partial charge < -0.3 is 10.4 Å². The van der Waals surface area contributed by atoms with Gasteiger partial charge in [-0.2, -0.15) is 0 Å². The second kappa shape index (κ2) is 5.87. The summed E-state index contributed by atoms with van der Waals surface area (Å²) in [5.41, 5.74) is 0.790. The van der Waals surface area contributed by atoms with E-state index in [4.69, 9.17) is 23.2 Å². The van der Waals surface area contributed by atoms with Crippen molar-refractivity contribution in [2.45, 2.75) is 0 Å². The fourth-order valence-corrected chi connectivity index (χ4v) is 2.60. The van der Waals surface area contributed by atoms with Crippen molar-refractivity contribution in [2.75, 3.05) is 5.32 Å². The van der Waals surface area contributed by atoms with Crippen LogP contribution in [-0.4, -0.2) is 11.0 Å². The molecule has 0 atom stereocenters. The molecule has 0 radical (unpaired) electrons. The molecule has 0 bridgehead atoms. The van der Waals surface area contributed by atoms with E-state index in [1.54, 1.807) is 24.3 Å². The highest BCUT2D eigenvalue weighted by Crippen LogP contribution is 2.28. The molecule has 0 aromatic heterocycles. The van der Waals surface area contributed by atoms with Crippen LogP contribution in [0.4, 0.5) is 5.69 Å². The highest BCUT2D eigenvalue weighted by atomic mass is 35.5. The molecule has 3 aromatic carbocycles. The minimum Gasteiger partial charge on any atom is -0.508 e. The maximum Gasteiger partial charge on any atom is 0.256 e. The molecule has 0 saturated heterocycles. The predicted octanol–water partition coefficient (Wildman–Crippen LogP) is 5.10. The predicted molar refractivity (Wildman–Crippen MR) is 90.0 cm³/mol. The third-order valence-corrected chi connectivity index (χ3v) is 3.83. The number of phenolic OH excluding ortho intramolecular Hbond substituents is 1. The van der Waals surface area contributed by atoms with Gasteiger partial charge in [-0.25, -0.2) is 0 Å². The molecule has 0 aliphatic carbocycles. The molecule has 22 heavy (non-hydrogen) atoms. The molecule has 0 fully saturated rings. The molecule has 110 valence electrons. The fraction of sp³-hybridized carbons (Fsp3) is 0. The second-order valence-electron chi connectivity index (χ2n) is 4.79. The lowest BCUT2D eigenvalue weighted by atomic mass is 10.0. The van der Waals surface area contributed by atoms with E-state index in [0.717, 1.165) is 10.8 Å². The number of anilines is 1. The van der Waals surface area contributed by atoms with Crippen LogP contribution in [0.3, 0.4) is 0 Å². The van der Waals surface area contributed by atoms with Crippen LogP contribution < -0.4 is 5.32 Å². The van der Waals surface area contributed by atoms with Gasteiger partial charge in [-0.3, -0.25) is 4.79 Å². The van der Waals surface area contributed by atoms with Gasteiger partial charge in [0.15, 0.2) is 0 Å². The minimum atomic E-state index is -0.365. The van der Waals surface area contributed by atoms with Gasteiger partial charge in [-0.1, -0.05) is 47.5 Å². The minimum absolute atomic E-state index is 0.0287. The van der Waals surface area contributed by atoms with E-state index in [1.165, 1.54) is 6.07 Å². The second-order valence-corrected chi connectivity index (χ2v) is 5.64. The summed E-state index contributed by atoms with van der Waals surface area (Å²) in [6.07, 6.45) is 0. The highest BCUT2D eigenvalue weighted by molar-refractivity contribution is 6.36. The first-order chi connectivity index (χ1) is 10.5. The van der Waals surface area contributed by atoms with Gasteiger partial charge in [0, 0.05) is 5.02 Å². The van der Waals surface area contributed by atoms with Crippen LogP contribution in [0.1, 0.15) is 10.4 Å². The van der Waals surface area contributed by atoms with E-state index >= 15 is 0 Å². The Morgan fingerprint density at radius 1 is 1.00 bits per heavy atom. The van der Waals surface area contributed by atoms with Gasteiger partial charge in [0.2, 0.25) is 0 Å². The number of benzene rings is 3. The van der Waals surface area contributed by atoms with E-state index in [2.05, 4.69) is 5.32 Å². The average Bonchev–Trinajstić information content (AvgIpc) is 2.50. The lowest BCUT2D eigenvalue weighted by molar-refractivity contribution is 0.102. The first-order valence-corrected chi connectivity index (χ1v) is 7.28. The molecule has 1 amide bonds. The molecule has 0 spiro atoms. The number of halogens is 2. The van der Waals surface area contributed by atoms with Crippen LogP contribution in [0.25, 0.3) is 10.8 Å². The molecule has 0 aliphatic heterocycles. The Bertz CT molecular complexity index is 878.